The van der Waals surface area contributed by atoms with E-state index >= 15 is 0 Å². The molecule has 10 rings (SSSR count). The molecule has 4 aromatic carbocycles. The highest BCUT2D eigenvalue weighted by atomic mass is 35.5. The molecule has 2 unspecified atom stereocenters. The van der Waals surface area contributed by atoms with Crippen molar-refractivity contribution in [3.8, 4) is 46.5 Å². The van der Waals surface area contributed by atoms with Gasteiger partial charge in [-0.2, -0.15) is 0 Å². The van der Waals surface area contributed by atoms with E-state index in [0.717, 1.165) is 12.3 Å². The van der Waals surface area contributed by atoms with Gasteiger partial charge in [0, 0.05) is 86.3 Å². The number of hydrogen-bond donors (Lipinski definition) is 20. The zero-order valence-electron chi connectivity index (χ0n) is 75.7. The molecule has 6 atom stereocenters. The molecule has 0 radical (unpaired) electrons. The number of benzene rings is 4. The molecule has 0 spiro atoms. The number of aliphatic carboxylic acids is 1. The van der Waals surface area contributed by atoms with E-state index in [-0.39, 0.29) is 183 Å². The lowest BCUT2D eigenvalue weighted by Crippen LogP contribution is -2.42. The number of pyridine rings is 4. The van der Waals surface area contributed by atoms with Gasteiger partial charge in [0.25, 0.3) is 29.5 Å². The Hall–Kier alpha value is -14.5. The molecule has 2 aliphatic rings. The van der Waals surface area contributed by atoms with Crippen LogP contribution in [-0.4, -0.2) is 256 Å². The Bertz CT molecular complexity index is 6040. The number of aliphatic hydroxyl groups excluding tert-OH is 2. The molecular weight excluding hydrogens is 2040 g/mol. The van der Waals surface area contributed by atoms with Crippen LogP contribution in [0.5, 0.6) is 46.5 Å². The fourth-order valence-corrected chi connectivity index (χ4v) is 14.5. The summed E-state index contributed by atoms with van der Waals surface area (Å²) >= 11 is 47.8. The maximum atomic E-state index is 12.8. The van der Waals surface area contributed by atoms with Crippen LogP contribution in [-0.2, 0) is 52.6 Å². The number of nitrogens with zero attached hydrogens (tertiary/aromatic N) is 7. The number of ether oxygens (including phenoxy) is 7. The van der Waals surface area contributed by atoms with Crippen molar-refractivity contribution in [3.63, 3.8) is 0 Å². The molecule has 6 heterocycles. The number of nitrogens with two attached hydrogens (primary N) is 1. The maximum absolute atomic E-state index is 12.8. The van der Waals surface area contributed by atoms with E-state index in [2.05, 4.69) is 93.7 Å². The van der Waals surface area contributed by atoms with Crippen molar-refractivity contribution in [3.05, 3.63) is 192 Å². The summed E-state index contributed by atoms with van der Waals surface area (Å²) in [7, 11) is 5.39. The SMILES string of the molecule is CCOC(=O)C[C@H](NC(=O)CNC(=O)c1cnc(OC)c(N)c1)c1cc(Cl)cc(Cl)c1O.CCOC(=O)C[C@H](NC(=O)CNC(=O)c1cnc(OC)c(NC2=NCC(O)CN2)c1)c1cc(Cl)cc(Cl)c1O.CCOC(=O)C[C@H](NC(=O)CNC(=O)c1cnc(OC)c([N+](=O)[O-])c1)c1cc(Cl)cc(Cl)c1O.COc1ncc(C(=O)NCC(=O)N[C@@H](CC(=O)O)c2cc(Cl)cc(Cl)c2O)cc1NC1=NCC(O)CN1. The Labute approximate surface area is 846 Å². The molecule has 0 fully saturated rings. The van der Waals surface area contributed by atoms with Crippen LogP contribution in [0.2, 0.25) is 40.2 Å². The average molecular weight is 2140 g/mol. The van der Waals surface area contributed by atoms with E-state index < -0.39 is 156 Å². The first kappa shape index (κ1) is 114. The molecule has 56 heteroatoms. The third kappa shape index (κ3) is 35.4. The number of carbonyl (C=O) groups excluding carboxylic acids is 11. The van der Waals surface area contributed by atoms with Crippen LogP contribution < -0.4 is 88.5 Å². The van der Waals surface area contributed by atoms with E-state index in [1.165, 1.54) is 114 Å². The van der Waals surface area contributed by atoms with Crippen LogP contribution >= 0.6 is 92.8 Å². The van der Waals surface area contributed by atoms with Gasteiger partial charge in [-0.15, -0.1) is 0 Å². The van der Waals surface area contributed by atoms with Gasteiger partial charge in [0.05, 0.1) is 203 Å². The summed E-state index contributed by atoms with van der Waals surface area (Å²) in [6, 6.07) is 11.5. The van der Waals surface area contributed by atoms with Crippen molar-refractivity contribution >= 4 is 199 Å². The molecule has 0 aliphatic carbocycles. The lowest BCUT2D eigenvalue weighted by Gasteiger charge is -2.21. The zero-order valence-corrected chi connectivity index (χ0v) is 81.8. The first-order valence-corrected chi connectivity index (χ1v) is 44.7. The predicted octanol–water partition coefficient (Wildman–Crippen LogP) is 7.05. The van der Waals surface area contributed by atoms with Crippen LogP contribution in [0.25, 0.3) is 0 Å². The minimum atomic E-state index is -1.25. The summed E-state index contributed by atoms with van der Waals surface area (Å²) in [5, 5.41) is 112. The van der Waals surface area contributed by atoms with E-state index in [9.17, 15) is 103 Å². The number of carboxylic acids is 1. The van der Waals surface area contributed by atoms with Crippen molar-refractivity contribution in [1.82, 2.24) is 73.1 Å². The van der Waals surface area contributed by atoms with Crippen LogP contribution in [0.4, 0.5) is 22.7 Å². The third-order valence-electron chi connectivity index (χ3n) is 19.0. The zero-order chi connectivity index (χ0) is 105. The number of carboxylic acid groups (broad SMARTS) is 1. The largest absolute Gasteiger partial charge is 0.506 e. The predicted molar refractivity (Wildman–Crippen MR) is 515 cm³/mol. The minimum absolute atomic E-state index is 0.0152. The number of methoxy groups -OCH3 is 4. The molecule has 0 saturated heterocycles. The first-order chi connectivity index (χ1) is 67.4. The second kappa shape index (κ2) is 56.1. The molecule has 0 saturated carbocycles. The van der Waals surface area contributed by atoms with Crippen LogP contribution in [0, 0.1) is 10.1 Å². The summed E-state index contributed by atoms with van der Waals surface area (Å²) in [5.74, 6) is -9.10. The number of hydrogen-bond acceptors (Lipinski definition) is 38. The van der Waals surface area contributed by atoms with Crippen molar-refractivity contribution < 1.29 is 131 Å². The number of halogens is 8. The van der Waals surface area contributed by atoms with Gasteiger partial charge >= 0.3 is 29.6 Å². The molecular formula is C86H94Cl8N20O28. The van der Waals surface area contributed by atoms with Crippen molar-refractivity contribution in [2.45, 2.75) is 82.8 Å². The van der Waals surface area contributed by atoms with E-state index in [4.69, 9.17) is 132 Å². The van der Waals surface area contributed by atoms with Gasteiger partial charge in [0.2, 0.25) is 41.3 Å². The molecule has 2 aliphatic heterocycles. The lowest BCUT2D eigenvalue weighted by molar-refractivity contribution is -0.386. The average Bonchev–Trinajstić information content (AvgIpc) is 0.793. The summed E-state index contributed by atoms with van der Waals surface area (Å²) in [6.45, 7) is 4.25. The number of aliphatic imine (C=N–C) groups is 2. The monoisotopic (exact) mass is 2130 g/mol. The third-order valence-corrected chi connectivity index (χ3v) is 21.0. The highest BCUT2D eigenvalue weighted by Crippen LogP contribution is 2.41. The molecule has 48 nitrogen and oxygen atoms in total. The number of nitrogen functional groups attached to an aromatic ring is 1. The number of rotatable bonds is 38. The molecule has 142 heavy (non-hydrogen) atoms. The van der Waals surface area contributed by atoms with E-state index in [0.29, 0.717) is 36.4 Å². The van der Waals surface area contributed by atoms with Crippen molar-refractivity contribution in [1.29, 1.82) is 0 Å². The molecule has 8 amide bonds. The van der Waals surface area contributed by atoms with Crippen LogP contribution in [0.1, 0.15) is 134 Å². The van der Waals surface area contributed by atoms with Gasteiger partial charge in [-0.1, -0.05) is 92.8 Å². The van der Waals surface area contributed by atoms with Gasteiger partial charge in [0.15, 0.2) is 11.9 Å². The Kier molecular flexibility index (Phi) is 45.2. The van der Waals surface area contributed by atoms with Gasteiger partial charge in [0.1, 0.15) is 34.4 Å². The molecule has 762 valence electrons. The summed E-state index contributed by atoms with van der Waals surface area (Å²) < 4.78 is 34.9. The van der Waals surface area contributed by atoms with Crippen LogP contribution in [0.3, 0.4) is 0 Å². The Morgan fingerprint density at radius 3 is 0.958 bits per heavy atom. The second-order valence-corrected chi connectivity index (χ2v) is 32.6. The van der Waals surface area contributed by atoms with Crippen LogP contribution in [0.15, 0.2) is 108 Å². The number of β-amino-alcohol motifs (C(OH)–C–C–N with tert-alkyl or cyclic N) is 2. The fraction of sp³-hybridized carbons (Fsp3) is 0.326. The number of esters is 3. The molecule has 4 aromatic heterocycles. The quantitative estimate of drug-likeness (QED) is 0.00797. The number of anilines is 3. The van der Waals surface area contributed by atoms with Gasteiger partial charge in [-0.05, 0) is 87.5 Å². The summed E-state index contributed by atoms with van der Waals surface area (Å²) in [5.41, 5.74) is 6.49. The van der Waals surface area contributed by atoms with Gasteiger partial charge in [-0.3, -0.25) is 77.6 Å². The highest BCUT2D eigenvalue weighted by Gasteiger charge is 2.32. The van der Waals surface area contributed by atoms with Crippen molar-refractivity contribution in [2.24, 2.45) is 9.98 Å². The fourth-order valence-electron chi connectivity index (χ4n) is 12.5. The Balaban J connectivity index is 0.000000258. The summed E-state index contributed by atoms with van der Waals surface area (Å²) in [4.78, 5) is 182. The highest BCUT2D eigenvalue weighted by molar-refractivity contribution is 6.37. The van der Waals surface area contributed by atoms with E-state index in [1.54, 1.807) is 20.8 Å². The molecule has 0 bridgehead atoms. The Morgan fingerprint density at radius 2 is 0.697 bits per heavy atom. The maximum Gasteiger partial charge on any atom is 0.331 e. The smallest absolute Gasteiger partial charge is 0.331 e. The number of nitrogens with one attached hydrogen (secondary N) is 12. The number of phenolic OH excluding ortho intramolecular Hbond substituents is 4. The Morgan fingerprint density at radius 1 is 0.423 bits per heavy atom. The number of nitro groups is 1. The number of guanidine groups is 2. The number of phenols is 4. The number of aromatic nitrogens is 4. The number of carbonyl (C=O) groups is 12. The van der Waals surface area contributed by atoms with Gasteiger partial charge in [-0.25, -0.2) is 19.9 Å². The summed E-state index contributed by atoms with van der Waals surface area (Å²) in [6.07, 6.45) is 2.07. The van der Waals surface area contributed by atoms with Gasteiger partial charge < -0.3 is 138 Å². The van der Waals surface area contributed by atoms with E-state index in [1.807, 2.05) is 0 Å². The minimum Gasteiger partial charge on any atom is -0.506 e. The molecule has 21 N–H and O–H groups in total. The standard InChI is InChI=1S/C24H28Cl2N6O7.C22H24Cl2N6O7.C20H20Cl2N4O8.C20H22Cl2N4O6/c1-3-39-20(35)7-17(15-5-13(25)6-16(26)21(15)36)31-19(34)11-27-22(37)12-4-18(23(38-2)28-8-12)32-24-29-9-14(33)10-30-24;1-37-21-16(30-22-27-7-12(31)8-28-22)2-10(6-26-21)20(36)25-9-17(32)29-15(5-18(33)34)13-3-11(23)4-14(24)19(13)35;1-3-34-17(28)7-14(12-5-11(21)6-13(22)18(12)29)25-16(27)9-23-19(30)10-4-15(26(31)32)20(33-2)24-8-10;1-3-32-17(28)7-15(12-5-11(21)6-13(22)18(12)29)26-16(27)9-24-19(30)10-4-14(23)20(31-2)25-8-10/h4-6,8,14,17,33,36H,3,7,9-11H2,1-2H3,(H,27,37)(H,31,34)(H2,29,30,32);2-4,6,12,15,31,35H,5,7-9H2,1H3,(H,25,36)(H,29,32)(H,33,34)(H2,27,28,30);4-6,8,14,29H,3,7,9H2,1-2H3,(H,23,30)(H,25,27);4-6,8,15,29H,3,7,9,23H2,1-2H3,(H,24,30)(H,26,27)/t17-;15-;14-;15-/m0000/s1. The first-order valence-electron chi connectivity index (χ1n) is 41.6. The number of aromatic hydroxyl groups is 4. The normalized spacial score (nSPS) is 13.5. The van der Waals surface area contributed by atoms with Crippen molar-refractivity contribution in [2.75, 3.05) is 117 Å². The second-order valence-electron chi connectivity index (χ2n) is 29.2. The number of amides is 8. The lowest BCUT2D eigenvalue weighted by atomic mass is 10.0. The molecule has 8 aromatic rings. The number of aliphatic hydroxyl groups is 2. The topological polar surface area (TPSA) is 701 Å².